The summed E-state index contributed by atoms with van der Waals surface area (Å²) in [5.41, 5.74) is 4.42. The van der Waals surface area contributed by atoms with Crippen LogP contribution in [0.4, 0.5) is 0 Å². The maximum Gasteiger partial charge on any atom is 0 e. The summed E-state index contributed by atoms with van der Waals surface area (Å²) in [5.74, 6) is 0. The maximum atomic E-state index is 2.28. The second-order valence-electron chi connectivity index (χ2n) is 3.74. The van der Waals surface area contributed by atoms with Crippen LogP contribution in [0.2, 0.25) is 0 Å². The van der Waals surface area contributed by atoms with Gasteiger partial charge in [0.25, 0.3) is 0 Å². The van der Waals surface area contributed by atoms with E-state index < -0.39 is 0 Å². The van der Waals surface area contributed by atoms with Crippen molar-refractivity contribution in [3.05, 3.63) is 53.6 Å². The fourth-order valence-corrected chi connectivity index (χ4v) is 1.87. The zero-order chi connectivity index (χ0) is 11.8. The van der Waals surface area contributed by atoms with E-state index in [0.717, 1.165) is 0 Å². The van der Waals surface area contributed by atoms with Gasteiger partial charge in [0.2, 0.25) is 0 Å². The Kier molecular flexibility index (Phi) is 5.63. The molecule has 0 bridgehead atoms. The van der Waals surface area contributed by atoms with E-state index in [1.54, 1.807) is 5.57 Å². The predicted molar refractivity (Wildman–Crippen MR) is 75.5 cm³/mol. The van der Waals surface area contributed by atoms with Gasteiger partial charge in [0, 0.05) is 1.43 Å². The van der Waals surface area contributed by atoms with E-state index in [9.17, 15) is 0 Å². The fraction of sp³-hybridized carbons (Fsp3) is 0.375. The number of hydrogen-bond acceptors (Lipinski definition) is 0. The van der Waals surface area contributed by atoms with Gasteiger partial charge in [0.15, 0.2) is 0 Å². The summed E-state index contributed by atoms with van der Waals surface area (Å²) in [7, 11) is 0. The second kappa shape index (κ2) is 7.05. The molecule has 0 aromatic heterocycles. The minimum absolute atomic E-state index is 0. The van der Waals surface area contributed by atoms with Gasteiger partial charge in [-0.1, -0.05) is 68.8 Å². The highest BCUT2D eigenvalue weighted by molar-refractivity contribution is 5.68. The third kappa shape index (κ3) is 3.37. The van der Waals surface area contributed by atoms with Gasteiger partial charge in [-0.3, -0.25) is 0 Å². The topological polar surface area (TPSA) is 0 Å². The van der Waals surface area contributed by atoms with Crippen LogP contribution in [-0.4, -0.2) is 0 Å². The molecule has 1 aliphatic rings. The standard InChI is InChI=1S/C14H16.C2H6.H2/c1-2-12-8-10-14(11-9-12)13-6-4-3-5-7-13;1-2;/h3-8,10H,2,9,11H2,1H3;1-2H3;1H. The summed E-state index contributed by atoms with van der Waals surface area (Å²) in [4.78, 5) is 0. The Morgan fingerprint density at radius 2 is 1.69 bits per heavy atom. The van der Waals surface area contributed by atoms with E-state index in [2.05, 4.69) is 49.4 Å². The summed E-state index contributed by atoms with van der Waals surface area (Å²) in [6, 6.07) is 10.7. The van der Waals surface area contributed by atoms with Crippen LogP contribution in [0, 0.1) is 0 Å². The summed E-state index contributed by atoms with van der Waals surface area (Å²) in [6.45, 7) is 6.23. The molecule has 1 aromatic carbocycles. The van der Waals surface area contributed by atoms with Gasteiger partial charge >= 0.3 is 0 Å². The van der Waals surface area contributed by atoms with Gasteiger partial charge in [-0.25, -0.2) is 0 Å². The van der Waals surface area contributed by atoms with E-state index in [4.69, 9.17) is 0 Å². The molecule has 16 heavy (non-hydrogen) atoms. The van der Waals surface area contributed by atoms with Crippen LogP contribution in [-0.2, 0) is 0 Å². The molecule has 1 aromatic rings. The predicted octanol–water partition coefficient (Wildman–Crippen LogP) is 5.47. The first-order valence-corrected chi connectivity index (χ1v) is 6.34. The number of benzene rings is 1. The Hall–Kier alpha value is -1.30. The molecule has 0 saturated heterocycles. The van der Waals surface area contributed by atoms with E-state index >= 15 is 0 Å². The van der Waals surface area contributed by atoms with Gasteiger partial charge in [-0.2, -0.15) is 0 Å². The largest absolute Gasteiger partial charge is 0.0701 e. The van der Waals surface area contributed by atoms with E-state index in [-0.39, 0.29) is 1.43 Å². The molecule has 0 amide bonds. The van der Waals surface area contributed by atoms with Gasteiger partial charge in [0.05, 0.1) is 0 Å². The molecule has 0 N–H and O–H groups in total. The van der Waals surface area contributed by atoms with Crippen molar-refractivity contribution in [1.29, 1.82) is 0 Å². The lowest BCUT2D eigenvalue weighted by Gasteiger charge is -2.13. The Morgan fingerprint density at radius 3 is 2.19 bits per heavy atom. The Labute approximate surface area is 101 Å². The van der Waals surface area contributed by atoms with Gasteiger partial charge < -0.3 is 0 Å². The van der Waals surface area contributed by atoms with Crippen molar-refractivity contribution in [3.8, 4) is 0 Å². The molecule has 0 unspecified atom stereocenters. The molecule has 0 aliphatic heterocycles. The number of allylic oxidation sites excluding steroid dienone is 4. The Morgan fingerprint density at radius 1 is 1.00 bits per heavy atom. The highest BCUT2D eigenvalue weighted by Gasteiger charge is 2.06. The normalized spacial score (nSPS) is 14.4. The van der Waals surface area contributed by atoms with Crippen LogP contribution in [0.5, 0.6) is 0 Å². The summed E-state index contributed by atoms with van der Waals surface area (Å²) in [6.07, 6.45) is 8.18. The van der Waals surface area contributed by atoms with E-state index in [1.807, 2.05) is 13.8 Å². The fourth-order valence-electron chi connectivity index (χ4n) is 1.87. The SMILES string of the molecule is CC.CCC1=CC=C(c2ccccc2)CC1.[HH]. The van der Waals surface area contributed by atoms with Crippen LogP contribution >= 0.6 is 0 Å². The highest BCUT2D eigenvalue weighted by Crippen LogP contribution is 2.27. The molecule has 0 nitrogen and oxygen atoms in total. The molecule has 0 radical (unpaired) electrons. The van der Waals surface area contributed by atoms with Gasteiger partial charge in [0.1, 0.15) is 0 Å². The third-order valence-electron chi connectivity index (χ3n) is 2.83. The molecule has 0 heteroatoms. The quantitative estimate of drug-likeness (QED) is 0.614. The molecular weight excluding hydrogens is 192 g/mol. The first-order valence-electron chi connectivity index (χ1n) is 6.34. The second-order valence-corrected chi connectivity index (χ2v) is 3.74. The lowest BCUT2D eigenvalue weighted by Crippen LogP contribution is -1.92. The Bertz CT molecular complexity index is 360. The third-order valence-corrected chi connectivity index (χ3v) is 2.83. The molecule has 0 atom stereocenters. The highest BCUT2D eigenvalue weighted by atomic mass is 14.1. The first-order chi connectivity index (χ1) is 7.90. The van der Waals surface area contributed by atoms with Gasteiger partial charge in [-0.05, 0) is 30.4 Å². The average Bonchev–Trinajstić information content (AvgIpc) is 2.42. The van der Waals surface area contributed by atoms with Crippen molar-refractivity contribution in [1.82, 2.24) is 0 Å². The number of hydrogen-bond donors (Lipinski definition) is 0. The minimum atomic E-state index is 0. The number of rotatable bonds is 2. The van der Waals surface area contributed by atoms with Crippen molar-refractivity contribution in [2.45, 2.75) is 40.0 Å². The lowest BCUT2D eigenvalue weighted by atomic mass is 9.92. The van der Waals surface area contributed by atoms with Crippen molar-refractivity contribution in [2.75, 3.05) is 0 Å². The Balaban J connectivity index is 0.000000811. The van der Waals surface area contributed by atoms with Crippen LogP contribution in [0.1, 0.15) is 47.0 Å². The molecule has 0 fully saturated rings. The summed E-state index contributed by atoms with van der Waals surface area (Å²) >= 11 is 0. The molecule has 1 aliphatic carbocycles. The summed E-state index contributed by atoms with van der Waals surface area (Å²) < 4.78 is 0. The molecule has 0 spiro atoms. The van der Waals surface area contributed by atoms with Gasteiger partial charge in [-0.15, -0.1) is 0 Å². The van der Waals surface area contributed by atoms with Crippen LogP contribution in [0.15, 0.2) is 48.1 Å². The van der Waals surface area contributed by atoms with E-state index in [0.29, 0.717) is 0 Å². The maximum absolute atomic E-state index is 2.28. The molecule has 0 saturated carbocycles. The first kappa shape index (κ1) is 12.8. The van der Waals surface area contributed by atoms with Crippen LogP contribution < -0.4 is 0 Å². The van der Waals surface area contributed by atoms with Crippen molar-refractivity contribution < 1.29 is 1.43 Å². The molecule has 2 rings (SSSR count). The van der Waals surface area contributed by atoms with Crippen molar-refractivity contribution in [2.24, 2.45) is 0 Å². The summed E-state index contributed by atoms with van der Waals surface area (Å²) in [5, 5.41) is 0. The zero-order valence-electron chi connectivity index (χ0n) is 10.7. The molecular formula is C16H24. The van der Waals surface area contributed by atoms with Crippen LogP contribution in [0.3, 0.4) is 0 Å². The lowest BCUT2D eigenvalue weighted by molar-refractivity contribution is 0.906. The van der Waals surface area contributed by atoms with E-state index in [1.165, 1.54) is 30.4 Å². The van der Waals surface area contributed by atoms with Crippen LogP contribution in [0.25, 0.3) is 5.57 Å². The van der Waals surface area contributed by atoms with Crippen molar-refractivity contribution in [3.63, 3.8) is 0 Å². The zero-order valence-corrected chi connectivity index (χ0v) is 10.7. The van der Waals surface area contributed by atoms with Crippen molar-refractivity contribution >= 4 is 5.57 Å². The molecule has 88 valence electrons. The monoisotopic (exact) mass is 216 g/mol. The molecule has 0 heterocycles. The average molecular weight is 216 g/mol. The minimum Gasteiger partial charge on any atom is -0.0701 e. The smallest absolute Gasteiger partial charge is 0 e.